The van der Waals surface area contributed by atoms with Crippen LogP contribution in [0.15, 0.2) is 0 Å². The van der Waals surface area contributed by atoms with Crippen LogP contribution in [0.2, 0.25) is 0 Å². The van der Waals surface area contributed by atoms with Gasteiger partial charge < -0.3 is 19.7 Å². The Kier molecular flexibility index (Phi) is 3.36. The van der Waals surface area contributed by atoms with Crippen molar-refractivity contribution < 1.29 is 32.3 Å². The summed E-state index contributed by atoms with van der Waals surface area (Å²) in [6, 6.07) is 0. The number of hydrogen-bond acceptors (Lipinski definition) is 7. The molecule has 2 fully saturated rings. The van der Waals surface area contributed by atoms with Crippen LogP contribution in [0.25, 0.3) is 0 Å². The highest BCUT2D eigenvalue weighted by molar-refractivity contribution is 7.75. The van der Waals surface area contributed by atoms with Crippen LogP contribution in [0, 0.1) is 0 Å². The Morgan fingerprint density at radius 1 is 1.40 bits per heavy atom. The number of fused-ring (bicyclic) bond motifs is 1. The Morgan fingerprint density at radius 3 is 2.80 bits per heavy atom. The molecular weight excluding hydrogens is 228 g/mol. The van der Waals surface area contributed by atoms with E-state index in [1.807, 2.05) is 0 Å². The van der Waals surface area contributed by atoms with Crippen LogP contribution in [0.5, 0.6) is 0 Å². The maximum Gasteiger partial charge on any atom is 0.305 e. The van der Waals surface area contributed by atoms with Crippen molar-refractivity contribution >= 4 is 11.4 Å². The number of aliphatic hydroxyl groups is 2. The number of methoxy groups -OCH3 is 1. The van der Waals surface area contributed by atoms with Crippen molar-refractivity contribution in [3.63, 3.8) is 0 Å². The second-order valence-corrected chi connectivity index (χ2v) is 4.15. The lowest BCUT2D eigenvalue weighted by Gasteiger charge is -2.42. The fraction of sp³-hybridized carbons (Fsp3) is 1.00. The van der Waals surface area contributed by atoms with Crippen LogP contribution in [0.3, 0.4) is 0 Å². The molecular formula is C7H12O7S. The Hall–Kier alpha value is -0.0900. The van der Waals surface area contributed by atoms with Crippen molar-refractivity contribution in [2.45, 2.75) is 30.7 Å². The van der Waals surface area contributed by atoms with Gasteiger partial charge in [0.15, 0.2) is 6.29 Å². The van der Waals surface area contributed by atoms with Gasteiger partial charge in [-0.05, 0) is 0 Å². The molecule has 0 saturated carbocycles. The molecule has 0 aromatic heterocycles. The third-order valence-corrected chi connectivity index (χ3v) is 3.10. The molecule has 88 valence electrons. The molecule has 2 heterocycles. The molecule has 7 nitrogen and oxygen atoms in total. The normalized spacial score (nSPS) is 51.1. The average Bonchev–Trinajstić information content (AvgIpc) is 2.24. The summed E-state index contributed by atoms with van der Waals surface area (Å²) in [7, 11) is 1.35. The summed E-state index contributed by atoms with van der Waals surface area (Å²) in [5.74, 6) is 0. The Balaban J connectivity index is 2.11. The predicted octanol–water partition coefficient (Wildman–Crippen LogP) is -1.93. The molecule has 0 aromatic carbocycles. The van der Waals surface area contributed by atoms with Gasteiger partial charge in [0.2, 0.25) is 0 Å². The van der Waals surface area contributed by atoms with Crippen LogP contribution in [-0.4, -0.2) is 58.8 Å². The van der Waals surface area contributed by atoms with E-state index in [9.17, 15) is 14.4 Å². The Bertz CT molecular complexity index is 258. The summed E-state index contributed by atoms with van der Waals surface area (Å²) in [6.07, 6.45) is -4.82. The molecule has 15 heavy (non-hydrogen) atoms. The van der Waals surface area contributed by atoms with Gasteiger partial charge in [-0.1, -0.05) is 0 Å². The molecule has 2 aliphatic rings. The fourth-order valence-electron chi connectivity index (χ4n) is 1.59. The van der Waals surface area contributed by atoms with Crippen molar-refractivity contribution in [1.82, 2.24) is 0 Å². The molecule has 6 atom stereocenters. The summed E-state index contributed by atoms with van der Waals surface area (Å²) < 4.78 is 30.5. The lowest BCUT2D eigenvalue weighted by molar-refractivity contribution is -0.294. The Morgan fingerprint density at radius 2 is 2.13 bits per heavy atom. The smallest absolute Gasteiger partial charge is 0.305 e. The zero-order valence-electron chi connectivity index (χ0n) is 7.94. The zero-order valence-corrected chi connectivity index (χ0v) is 8.75. The number of aliphatic hydroxyl groups excluding tert-OH is 2. The van der Waals surface area contributed by atoms with Crippen molar-refractivity contribution in [1.29, 1.82) is 0 Å². The highest BCUT2D eigenvalue weighted by atomic mass is 32.2. The van der Waals surface area contributed by atoms with Crippen molar-refractivity contribution in [3.05, 3.63) is 0 Å². The van der Waals surface area contributed by atoms with Gasteiger partial charge in [0.1, 0.15) is 24.4 Å². The molecule has 2 saturated heterocycles. The Labute approximate surface area is 88.8 Å². The fourth-order valence-corrected chi connectivity index (χ4v) is 2.31. The monoisotopic (exact) mass is 240 g/mol. The zero-order chi connectivity index (χ0) is 11.0. The summed E-state index contributed by atoms with van der Waals surface area (Å²) in [4.78, 5) is 0. The van der Waals surface area contributed by atoms with Gasteiger partial charge in [-0.3, -0.25) is 8.37 Å². The highest BCUT2D eigenvalue weighted by Gasteiger charge is 2.48. The molecule has 2 rings (SSSR count). The minimum Gasteiger partial charge on any atom is -0.387 e. The van der Waals surface area contributed by atoms with E-state index >= 15 is 0 Å². The van der Waals surface area contributed by atoms with Crippen molar-refractivity contribution in [2.75, 3.05) is 13.7 Å². The molecule has 0 aromatic rings. The summed E-state index contributed by atoms with van der Waals surface area (Å²) in [5.41, 5.74) is 0. The van der Waals surface area contributed by atoms with Gasteiger partial charge in [0, 0.05) is 7.11 Å². The first-order valence-corrected chi connectivity index (χ1v) is 5.40. The first-order chi connectivity index (χ1) is 7.13. The highest BCUT2D eigenvalue weighted by Crippen LogP contribution is 2.27. The molecule has 0 radical (unpaired) electrons. The van der Waals surface area contributed by atoms with E-state index in [0.717, 1.165) is 0 Å². The van der Waals surface area contributed by atoms with Crippen molar-refractivity contribution in [3.8, 4) is 0 Å². The van der Waals surface area contributed by atoms with Gasteiger partial charge in [0.05, 0.1) is 6.61 Å². The van der Waals surface area contributed by atoms with E-state index in [1.54, 1.807) is 0 Å². The van der Waals surface area contributed by atoms with Gasteiger partial charge in [0.25, 0.3) is 0 Å². The molecule has 1 unspecified atom stereocenters. The SMILES string of the molecule is CO[C@H]1O[C@@H]2COS(=O)O[C@H]2[C@H](O)[C@H]1O. The molecule has 0 bridgehead atoms. The second-order valence-electron chi connectivity index (χ2n) is 3.31. The van der Waals surface area contributed by atoms with Gasteiger partial charge in [-0.2, -0.15) is 4.21 Å². The van der Waals surface area contributed by atoms with E-state index in [2.05, 4.69) is 0 Å². The number of hydrogen-bond donors (Lipinski definition) is 2. The summed E-state index contributed by atoms with van der Waals surface area (Å²) >= 11 is -1.90. The van der Waals surface area contributed by atoms with Gasteiger partial charge >= 0.3 is 11.4 Å². The minimum absolute atomic E-state index is 0.0287. The standard InChI is InChI=1S/C7H12O7S/c1-11-7-5(9)4(8)6-3(13-7)2-12-15(10)14-6/h3-9H,2H2,1H3/t3-,4-,5-,6-,7+,15?/m1/s1. The summed E-state index contributed by atoms with van der Waals surface area (Å²) in [6.45, 7) is 0.0287. The van der Waals surface area contributed by atoms with Crippen LogP contribution in [0.1, 0.15) is 0 Å². The van der Waals surface area contributed by atoms with Crippen LogP contribution >= 0.6 is 0 Å². The molecule has 2 aliphatic heterocycles. The third kappa shape index (κ3) is 2.07. The quantitative estimate of drug-likeness (QED) is 0.551. The van der Waals surface area contributed by atoms with Gasteiger partial charge in [-0.25, -0.2) is 0 Å². The van der Waals surface area contributed by atoms with Crippen molar-refractivity contribution in [2.24, 2.45) is 0 Å². The lowest BCUT2D eigenvalue weighted by Crippen LogP contribution is -2.61. The molecule has 8 heteroatoms. The first kappa shape index (κ1) is 11.4. The molecule has 0 spiro atoms. The molecule has 0 aliphatic carbocycles. The topological polar surface area (TPSA) is 94.5 Å². The predicted molar refractivity (Wildman–Crippen MR) is 46.7 cm³/mol. The average molecular weight is 240 g/mol. The van der Waals surface area contributed by atoms with Gasteiger partial charge in [-0.15, -0.1) is 0 Å². The minimum atomic E-state index is -1.90. The maximum atomic E-state index is 10.9. The van der Waals surface area contributed by atoms with Crippen LogP contribution in [0.4, 0.5) is 0 Å². The first-order valence-electron chi connectivity index (χ1n) is 4.40. The maximum absolute atomic E-state index is 10.9. The van der Waals surface area contributed by atoms with E-state index in [4.69, 9.17) is 17.8 Å². The number of ether oxygens (including phenoxy) is 2. The van der Waals surface area contributed by atoms with Crippen LogP contribution in [-0.2, 0) is 29.2 Å². The lowest BCUT2D eigenvalue weighted by atomic mass is 9.99. The molecule has 2 N–H and O–H groups in total. The largest absolute Gasteiger partial charge is 0.387 e. The second kappa shape index (κ2) is 4.42. The van der Waals surface area contributed by atoms with E-state index in [0.29, 0.717) is 0 Å². The third-order valence-electron chi connectivity index (χ3n) is 2.39. The van der Waals surface area contributed by atoms with Crippen LogP contribution < -0.4 is 0 Å². The summed E-state index contributed by atoms with van der Waals surface area (Å²) in [5, 5.41) is 19.2. The van der Waals surface area contributed by atoms with E-state index in [-0.39, 0.29) is 6.61 Å². The molecule has 0 amide bonds. The number of rotatable bonds is 1. The van der Waals surface area contributed by atoms with E-state index in [1.165, 1.54) is 7.11 Å². The van der Waals surface area contributed by atoms with E-state index < -0.39 is 42.1 Å².